The largest absolute Gasteiger partial charge is 0.497 e. The summed E-state index contributed by atoms with van der Waals surface area (Å²) in [4.78, 5) is 34.8. The van der Waals surface area contributed by atoms with Crippen LogP contribution in [0.3, 0.4) is 0 Å². The summed E-state index contributed by atoms with van der Waals surface area (Å²) in [5, 5.41) is 9.47. The Morgan fingerprint density at radius 1 is 1.29 bits per heavy atom. The molecule has 0 atom stereocenters. The number of nitrogens with zero attached hydrogens (tertiary/aromatic N) is 3. The number of ether oxygens (including phenoxy) is 1. The Bertz CT molecular complexity index is 932. The maximum absolute atomic E-state index is 12.4. The van der Waals surface area contributed by atoms with E-state index in [1.807, 2.05) is 6.92 Å². The molecule has 0 saturated heterocycles. The van der Waals surface area contributed by atoms with Crippen LogP contribution in [0.1, 0.15) is 41.5 Å². The van der Waals surface area contributed by atoms with Crippen LogP contribution in [0.5, 0.6) is 5.75 Å². The van der Waals surface area contributed by atoms with Crippen molar-refractivity contribution in [2.24, 2.45) is 0 Å². The number of anilines is 1. The summed E-state index contributed by atoms with van der Waals surface area (Å²) in [6.07, 6.45) is 3.04. The van der Waals surface area contributed by atoms with Crippen molar-refractivity contribution in [2.45, 2.75) is 33.2 Å². The topological polar surface area (TPSA) is 119 Å². The summed E-state index contributed by atoms with van der Waals surface area (Å²) in [5.74, 6) is 2.13. The average Bonchev–Trinajstić information content (AvgIpc) is 2.77. The zero-order valence-electron chi connectivity index (χ0n) is 18.0. The van der Waals surface area contributed by atoms with Crippen molar-refractivity contribution >= 4 is 29.8 Å². The quantitative estimate of drug-likeness (QED) is 0.379. The maximum Gasteiger partial charge on any atom is 0.214 e. The van der Waals surface area contributed by atoms with Gasteiger partial charge in [-0.15, -0.1) is 11.8 Å². The molecule has 1 amide bonds. The molecule has 0 aliphatic heterocycles. The third kappa shape index (κ3) is 7.08. The molecule has 3 N–H and O–H groups in total. The monoisotopic (exact) mass is 444 g/mol. The van der Waals surface area contributed by atoms with Crippen molar-refractivity contribution in [2.75, 3.05) is 25.2 Å². The number of methoxy groups -OCH3 is 1. The molecule has 2 aromatic rings. The molecule has 0 bridgehead atoms. The van der Waals surface area contributed by atoms with Crippen molar-refractivity contribution in [3.8, 4) is 5.75 Å². The number of aryl methyl sites for hydroxylation is 1. The van der Waals surface area contributed by atoms with Crippen LogP contribution in [0.15, 0.2) is 41.1 Å². The molecule has 8 nitrogen and oxygen atoms in total. The Labute approximate surface area is 186 Å². The molecule has 166 valence electrons. The molecule has 0 fully saturated rings. The number of carbonyl (C=O) groups excluding carboxylic acids is 2. The van der Waals surface area contributed by atoms with Gasteiger partial charge >= 0.3 is 0 Å². The summed E-state index contributed by atoms with van der Waals surface area (Å²) < 4.78 is 5.11. The summed E-state index contributed by atoms with van der Waals surface area (Å²) in [7, 11) is 1.58. The number of thioether (sulfide) groups is 1. The number of benzene rings is 1. The van der Waals surface area contributed by atoms with Crippen LogP contribution in [0.4, 0.5) is 5.82 Å². The fraction of sp³-hybridized carbons (Fsp3) is 0.364. The van der Waals surface area contributed by atoms with Gasteiger partial charge in [0.2, 0.25) is 6.41 Å². The zero-order valence-corrected chi connectivity index (χ0v) is 18.8. The number of Topliss-reactive ketones (excluding diaryl/α,β-unsaturated/α-hetero) is 1. The number of nitrogens with two attached hydrogens (primary N) is 1. The van der Waals surface area contributed by atoms with Gasteiger partial charge in [-0.05, 0) is 38.1 Å². The molecule has 0 radical (unpaired) electrons. The summed E-state index contributed by atoms with van der Waals surface area (Å²) in [5.41, 5.74) is 7.91. The number of ketones is 1. The molecule has 0 spiro atoms. The molecule has 1 heterocycles. The number of hydrogen-bond donors (Lipinski definition) is 2. The van der Waals surface area contributed by atoms with Crippen molar-refractivity contribution in [3.05, 3.63) is 58.0 Å². The highest BCUT2D eigenvalue weighted by Crippen LogP contribution is 2.27. The van der Waals surface area contributed by atoms with E-state index in [4.69, 9.17) is 10.5 Å². The van der Waals surface area contributed by atoms with Gasteiger partial charge in [-0.2, -0.15) is 0 Å². The molecule has 0 saturated carbocycles. The van der Waals surface area contributed by atoms with Gasteiger partial charge in [-0.1, -0.05) is 0 Å². The second kappa shape index (κ2) is 12.1. The van der Waals surface area contributed by atoms with Crippen molar-refractivity contribution in [3.63, 3.8) is 0 Å². The predicted octanol–water partition coefficient (Wildman–Crippen LogP) is 2.95. The Hall–Kier alpha value is -2.91. The molecular weight excluding hydrogens is 416 g/mol. The number of allylic oxidation sites excluding steroid dienone is 1. The number of aliphatic hydroxyl groups is 1. The highest BCUT2D eigenvalue weighted by atomic mass is 32.2. The van der Waals surface area contributed by atoms with E-state index < -0.39 is 0 Å². The molecule has 31 heavy (non-hydrogen) atoms. The molecular formula is C22H28N4O4S. The van der Waals surface area contributed by atoms with E-state index in [9.17, 15) is 14.7 Å². The molecule has 1 aromatic heterocycles. The molecule has 1 aromatic carbocycles. The van der Waals surface area contributed by atoms with E-state index >= 15 is 0 Å². The number of amides is 1. The lowest BCUT2D eigenvalue weighted by Crippen LogP contribution is -2.22. The lowest BCUT2D eigenvalue weighted by Gasteiger charge is -2.22. The van der Waals surface area contributed by atoms with Crippen LogP contribution >= 0.6 is 11.8 Å². The number of aromatic nitrogens is 2. The van der Waals surface area contributed by atoms with Gasteiger partial charge in [-0.25, -0.2) is 9.97 Å². The van der Waals surface area contributed by atoms with E-state index in [1.165, 1.54) is 16.7 Å². The first-order valence-electron chi connectivity index (χ1n) is 9.80. The summed E-state index contributed by atoms with van der Waals surface area (Å²) >= 11 is 1.46. The molecule has 2 rings (SSSR count). The second-order valence-corrected chi connectivity index (χ2v) is 7.98. The van der Waals surface area contributed by atoms with Crippen LogP contribution in [-0.4, -0.2) is 51.6 Å². The Balaban J connectivity index is 2.06. The number of aliphatic hydroxyl groups excluding tert-OH is 1. The predicted molar refractivity (Wildman–Crippen MR) is 122 cm³/mol. The Morgan fingerprint density at radius 3 is 2.58 bits per heavy atom. The Morgan fingerprint density at radius 2 is 2.00 bits per heavy atom. The van der Waals surface area contributed by atoms with Gasteiger partial charge in [0, 0.05) is 53.1 Å². The second-order valence-electron chi connectivity index (χ2n) is 6.79. The van der Waals surface area contributed by atoms with Crippen molar-refractivity contribution in [1.29, 1.82) is 0 Å². The van der Waals surface area contributed by atoms with E-state index in [2.05, 4.69) is 9.97 Å². The molecule has 0 aliphatic rings. The number of rotatable bonds is 12. The van der Waals surface area contributed by atoms with Gasteiger partial charge in [0.1, 0.15) is 17.4 Å². The van der Waals surface area contributed by atoms with Crippen LogP contribution < -0.4 is 10.5 Å². The minimum atomic E-state index is -0.0609. The first-order chi connectivity index (χ1) is 14.9. The van der Waals surface area contributed by atoms with Gasteiger partial charge < -0.3 is 20.5 Å². The van der Waals surface area contributed by atoms with E-state index in [1.54, 1.807) is 44.5 Å². The zero-order chi connectivity index (χ0) is 22.8. The van der Waals surface area contributed by atoms with Gasteiger partial charge in [0.25, 0.3) is 0 Å². The number of nitrogen functional groups attached to an aromatic ring is 1. The minimum absolute atomic E-state index is 0.0213. The highest BCUT2D eigenvalue weighted by molar-refractivity contribution is 8.03. The lowest BCUT2D eigenvalue weighted by molar-refractivity contribution is -0.116. The molecule has 9 heteroatoms. The van der Waals surface area contributed by atoms with Crippen molar-refractivity contribution < 1.29 is 19.4 Å². The third-order valence-corrected chi connectivity index (χ3v) is 5.93. The number of hydrogen-bond acceptors (Lipinski definition) is 8. The third-order valence-electron chi connectivity index (χ3n) is 4.68. The molecule has 0 aliphatic carbocycles. The first kappa shape index (κ1) is 24.4. The van der Waals surface area contributed by atoms with Gasteiger partial charge in [-0.3, -0.25) is 9.59 Å². The fourth-order valence-electron chi connectivity index (χ4n) is 2.86. The van der Waals surface area contributed by atoms with Crippen LogP contribution in [0, 0.1) is 6.92 Å². The average molecular weight is 445 g/mol. The molecule has 0 unspecified atom stereocenters. The normalized spacial score (nSPS) is 11.6. The Kier molecular flexibility index (Phi) is 9.48. The number of carbonyl (C=O) groups is 2. The van der Waals surface area contributed by atoms with Crippen LogP contribution in [0.25, 0.3) is 0 Å². The van der Waals surface area contributed by atoms with E-state index in [-0.39, 0.29) is 18.9 Å². The summed E-state index contributed by atoms with van der Waals surface area (Å²) in [6.45, 7) is 3.71. The summed E-state index contributed by atoms with van der Waals surface area (Å²) in [6, 6.07) is 6.99. The van der Waals surface area contributed by atoms with Crippen molar-refractivity contribution in [1.82, 2.24) is 14.9 Å². The standard InChI is InChI=1S/C22H28N4O4S/c1-15(26(14-28)13-18-12-24-16(2)25-22(18)23)21(8-10-27)31-11-9-20(29)17-4-6-19(30-3)7-5-17/h4-7,12,14,27H,8-11,13H2,1-3H3,(H2,23,24,25)/b21-15+. The SMILES string of the molecule is COc1ccc(C(=O)CCS/C(CCO)=C(\C)N(C=O)Cc2cnc(C)nc2N)cc1. The van der Waals surface area contributed by atoms with Gasteiger partial charge in [0.05, 0.1) is 13.7 Å². The lowest BCUT2D eigenvalue weighted by atomic mass is 10.1. The highest BCUT2D eigenvalue weighted by Gasteiger charge is 2.15. The first-order valence-corrected chi connectivity index (χ1v) is 10.8. The smallest absolute Gasteiger partial charge is 0.214 e. The van der Waals surface area contributed by atoms with Gasteiger partial charge in [0.15, 0.2) is 5.78 Å². The van der Waals surface area contributed by atoms with Crippen LogP contribution in [0.2, 0.25) is 0 Å². The van der Waals surface area contributed by atoms with E-state index in [0.29, 0.717) is 52.8 Å². The van der Waals surface area contributed by atoms with E-state index in [0.717, 1.165) is 11.3 Å². The van der Waals surface area contributed by atoms with Crippen LogP contribution in [-0.2, 0) is 11.3 Å². The maximum atomic E-state index is 12.4. The fourth-order valence-corrected chi connectivity index (χ4v) is 3.96. The minimum Gasteiger partial charge on any atom is -0.497 e.